The average Bonchev–Trinajstić information content (AvgIpc) is 3.26. The Morgan fingerprint density at radius 3 is 2.40 bits per heavy atom. The van der Waals surface area contributed by atoms with E-state index in [2.05, 4.69) is 10.1 Å². The van der Waals surface area contributed by atoms with Gasteiger partial charge >= 0.3 is 0 Å². The Morgan fingerprint density at radius 2 is 1.70 bits per heavy atom. The second kappa shape index (κ2) is 8.35. The summed E-state index contributed by atoms with van der Waals surface area (Å²) in [6.45, 7) is 0.694. The number of benzene rings is 1. The smallest absolute Gasteiger partial charge is 0.276 e. The summed E-state index contributed by atoms with van der Waals surface area (Å²) in [5.74, 6) is 0.134. The van der Waals surface area contributed by atoms with Crippen molar-refractivity contribution < 1.29 is 17.7 Å². The molecule has 8 nitrogen and oxygen atoms in total. The molecule has 3 aromatic rings. The van der Waals surface area contributed by atoms with Gasteiger partial charge in [0.25, 0.3) is 5.91 Å². The standard InChI is InChI=1S/C19H16Cl2N4O4S/c20-14-1-2-15(21)18(11-14)30(27,28)25-9-7-24(8-10-25)19(26)16-12-17(29-23-16)13-3-5-22-6-4-13/h1-6,11-12H,7-10H2. The second-order valence-corrected chi connectivity index (χ2v) is 9.33. The maximum Gasteiger partial charge on any atom is 0.276 e. The van der Waals surface area contributed by atoms with E-state index in [1.165, 1.54) is 22.5 Å². The van der Waals surface area contributed by atoms with E-state index in [1.807, 2.05) is 0 Å². The fourth-order valence-corrected chi connectivity index (χ4v) is 5.30. The summed E-state index contributed by atoms with van der Waals surface area (Å²) >= 11 is 12.0. The summed E-state index contributed by atoms with van der Waals surface area (Å²) in [5, 5.41) is 4.24. The summed E-state index contributed by atoms with van der Waals surface area (Å²) in [5.41, 5.74) is 0.918. The van der Waals surface area contributed by atoms with E-state index in [4.69, 9.17) is 27.7 Å². The molecule has 2 aromatic heterocycles. The third-order valence-electron chi connectivity index (χ3n) is 4.73. The van der Waals surface area contributed by atoms with Crippen molar-refractivity contribution in [3.63, 3.8) is 0 Å². The molecule has 3 heterocycles. The lowest BCUT2D eigenvalue weighted by Gasteiger charge is -2.33. The maximum absolute atomic E-state index is 12.9. The Morgan fingerprint density at radius 1 is 1.00 bits per heavy atom. The van der Waals surface area contributed by atoms with Gasteiger partial charge in [0, 0.05) is 55.2 Å². The molecule has 156 valence electrons. The van der Waals surface area contributed by atoms with Crippen LogP contribution in [0.15, 0.2) is 58.2 Å². The fourth-order valence-electron chi connectivity index (χ4n) is 3.14. The molecule has 0 radical (unpaired) electrons. The van der Waals surface area contributed by atoms with E-state index in [9.17, 15) is 13.2 Å². The monoisotopic (exact) mass is 466 g/mol. The van der Waals surface area contributed by atoms with Crippen molar-refractivity contribution in [1.82, 2.24) is 19.3 Å². The molecule has 0 saturated carbocycles. The first-order valence-electron chi connectivity index (χ1n) is 8.98. The van der Waals surface area contributed by atoms with E-state index < -0.39 is 10.0 Å². The molecular weight excluding hydrogens is 451 g/mol. The van der Waals surface area contributed by atoms with Crippen molar-refractivity contribution in [1.29, 1.82) is 0 Å². The first-order valence-corrected chi connectivity index (χ1v) is 11.2. The van der Waals surface area contributed by atoms with Crippen LogP contribution < -0.4 is 0 Å². The summed E-state index contributed by atoms with van der Waals surface area (Å²) in [6.07, 6.45) is 3.23. The molecule has 30 heavy (non-hydrogen) atoms. The van der Waals surface area contributed by atoms with Gasteiger partial charge in [-0.2, -0.15) is 4.31 Å². The zero-order valence-electron chi connectivity index (χ0n) is 15.5. The number of aromatic nitrogens is 2. The van der Waals surface area contributed by atoms with E-state index in [1.54, 1.807) is 35.5 Å². The highest BCUT2D eigenvalue weighted by Gasteiger charge is 2.32. The molecule has 1 aromatic carbocycles. The number of rotatable bonds is 4. The largest absolute Gasteiger partial charge is 0.355 e. The number of piperazine rings is 1. The van der Waals surface area contributed by atoms with Crippen molar-refractivity contribution in [3.05, 3.63) is 64.5 Å². The summed E-state index contributed by atoms with van der Waals surface area (Å²) in [6, 6.07) is 9.36. The predicted octanol–water partition coefficient (Wildman–Crippen LogP) is 3.19. The number of pyridine rings is 1. The van der Waals surface area contributed by atoms with Gasteiger partial charge in [-0.3, -0.25) is 9.78 Å². The number of carbonyl (C=O) groups is 1. The van der Waals surface area contributed by atoms with Gasteiger partial charge in [0.05, 0.1) is 5.02 Å². The van der Waals surface area contributed by atoms with Crippen LogP contribution in [0.25, 0.3) is 11.3 Å². The minimum Gasteiger partial charge on any atom is -0.355 e. The Labute approximate surface area is 183 Å². The minimum absolute atomic E-state index is 0.0464. The molecule has 1 aliphatic rings. The van der Waals surface area contributed by atoms with Crippen LogP contribution in [0.3, 0.4) is 0 Å². The van der Waals surface area contributed by atoms with Crippen LogP contribution in [-0.2, 0) is 10.0 Å². The number of amides is 1. The molecule has 1 fully saturated rings. The number of hydrogen-bond donors (Lipinski definition) is 0. The fraction of sp³-hybridized carbons (Fsp3) is 0.211. The van der Waals surface area contributed by atoms with Gasteiger partial charge in [-0.05, 0) is 30.3 Å². The van der Waals surface area contributed by atoms with E-state index in [0.717, 1.165) is 5.56 Å². The average molecular weight is 467 g/mol. The second-order valence-electron chi connectivity index (χ2n) is 6.58. The lowest BCUT2D eigenvalue weighted by atomic mass is 10.2. The van der Waals surface area contributed by atoms with E-state index >= 15 is 0 Å². The van der Waals surface area contributed by atoms with Crippen LogP contribution in [0.4, 0.5) is 0 Å². The van der Waals surface area contributed by atoms with Crippen LogP contribution in [0.2, 0.25) is 10.0 Å². The van der Waals surface area contributed by atoms with Crippen LogP contribution in [-0.4, -0.2) is 59.8 Å². The van der Waals surface area contributed by atoms with Crippen LogP contribution in [0.1, 0.15) is 10.5 Å². The predicted molar refractivity (Wildman–Crippen MR) is 111 cm³/mol. The topological polar surface area (TPSA) is 96.6 Å². The molecule has 1 amide bonds. The first kappa shape index (κ1) is 20.8. The Bertz CT molecular complexity index is 1180. The summed E-state index contributed by atoms with van der Waals surface area (Å²) in [7, 11) is -3.82. The molecule has 0 atom stereocenters. The quantitative estimate of drug-likeness (QED) is 0.585. The molecule has 0 spiro atoms. The number of hydrogen-bond acceptors (Lipinski definition) is 6. The lowest BCUT2D eigenvalue weighted by molar-refractivity contribution is 0.0687. The zero-order chi connectivity index (χ0) is 21.3. The molecule has 11 heteroatoms. The van der Waals surface area contributed by atoms with Gasteiger partial charge in [0.15, 0.2) is 11.5 Å². The van der Waals surface area contributed by atoms with Gasteiger partial charge in [0.2, 0.25) is 10.0 Å². The maximum atomic E-state index is 12.9. The van der Waals surface area contributed by atoms with Crippen LogP contribution in [0.5, 0.6) is 0 Å². The van der Waals surface area contributed by atoms with Gasteiger partial charge in [0.1, 0.15) is 4.90 Å². The molecule has 1 aliphatic heterocycles. The summed E-state index contributed by atoms with van der Waals surface area (Å²) < 4.78 is 32.4. The van der Waals surface area contributed by atoms with Crippen molar-refractivity contribution >= 4 is 39.1 Å². The lowest BCUT2D eigenvalue weighted by Crippen LogP contribution is -2.50. The molecule has 0 bridgehead atoms. The molecule has 4 rings (SSSR count). The van der Waals surface area contributed by atoms with Gasteiger partial charge in [-0.25, -0.2) is 8.42 Å². The molecule has 0 unspecified atom stereocenters. The van der Waals surface area contributed by atoms with Crippen molar-refractivity contribution in [2.75, 3.05) is 26.2 Å². The third-order valence-corrected chi connectivity index (χ3v) is 7.35. The molecule has 1 saturated heterocycles. The normalized spacial score (nSPS) is 15.3. The first-order chi connectivity index (χ1) is 14.4. The molecular formula is C19H16Cl2N4O4S. The highest BCUT2D eigenvalue weighted by molar-refractivity contribution is 7.89. The van der Waals surface area contributed by atoms with Gasteiger partial charge in [-0.1, -0.05) is 28.4 Å². The van der Waals surface area contributed by atoms with Crippen molar-refractivity contribution in [2.45, 2.75) is 4.90 Å². The minimum atomic E-state index is -3.82. The van der Waals surface area contributed by atoms with E-state index in [0.29, 0.717) is 5.76 Å². The Balaban J connectivity index is 1.45. The SMILES string of the molecule is O=C(c1cc(-c2ccncc2)on1)N1CCN(S(=O)(=O)c2cc(Cl)ccc2Cl)CC1. The Hall–Kier alpha value is -2.46. The van der Waals surface area contributed by atoms with Crippen molar-refractivity contribution in [2.24, 2.45) is 0 Å². The third kappa shape index (κ3) is 4.06. The van der Waals surface area contributed by atoms with E-state index in [-0.39, 0.29) is 52.7 Å². The highest BCUT2D eigenvalue weighted by atomic mass is 35.5. The van der Waals surface area contributed by atoms with Gasteiger partial charge in [-0.15, -0.1) is 0 Å². The van der Waals surface area contributed by atoms with Crippen molar-refractivity contribution in [3.8, 4) is 11.3 Å². The summed E-state index contributed by atoms with van der Waals surface area (Å²) in [4.78, 5) is 18.2. The number of carbonyl (C=O) groups excluding carboxylic acids is 1. The number of halogens is 2. The molecule has 0 aliphatic carbocycles. The molecule has 0 N–H and O–H groups in total. The number of sulfonamides is 1. The highest BCUT2D eigenvalue weighted by Crippen LogP contribution is 2.28. The van der Waals surface area contributed by atoms with Crippen LogP contribution in [0, 0.1) is 0 Å². The zero-order valence-corrected chi connectivity index (χ0v) is 17.9. The number of nitrogens with zero attached hydrogens (tertiary/aromatic N) is 4. The van der Waals surface area contributed by atoms with Crippen LogP contribution >= 0.6 is 23.2 Å². The Kier molecular flexibility index (Phi) is 5.79. The van der Waals surface area contributed by atoms with Gasteiger partial charge < -0.3 is 9.42 Å².